The lowest BCUT2D eigenvalue weighted by Crippen LogP contribution is -2.53. The zero-order valence-corrected chi connectivity index (χ0v) is 19.2. The predicted octanol–water partition coefficient (Wildman–Crippen LogP) is 2.05. The van der Waals surface area contributed by atoms with Crippen LogP contribution in [0.25, 0.3) is 0 Å². The second kappa shape index (κ2) is 11.2. The van der Waals surface area contributed by atoms with E-state index in [1.54, 1.807) is 0 Å². The lowest BCUT2D eigenvalue weighted by Gasteiger charge is -2.27. The molecule has 2 aliphatic rings. The van der Waals surface area contributed by atoms with Crippen LogP contribution in [0.2, 0.25) is 0 Å². The molecule has 1 aromatic rings. The molecular formula is C24H33N3O6. The number of hydrogen-bond acceptors (Lipinski definition) is 6. The molecule has 3 rings (SSSR count). The van der Waals surface area contributed by atoms with Gasteiger partial charge >= 0.3 is 12.1 Å². The van der Waals surface area contributed by atoms with Crippen molar-refractivity contribution >= 4 is 23.9 Å². The van der Waals surface area contributed by atoms with Crippen molar-refractivity contribution in [3.05, 3.63) is 35.9 Å². The highest BCUT2D eigenvalue weighted by atomic mass is 16.5. The standard InChI is InChI=1S/C24H33N3O6/c1-24(10-11-24)14-19(27-23(31)33-15-16-7-4-3-5-8-16)21(29)26-18(22(30)32-2)13-17-9-6-12-25-20(17)28/h3-5,7-8,17-19H,6,9-15H2,1-2H3,(H,25,28)(H,26,29)(H,27,31)/t17-,18-,19?/m0/s1. The second-order valence-electron chi connectivity index (χ2n) is 9.22. The van der Waals surface area contributed by atoms with Gasteiger partial charge in [0.05, 0.1) is 7.11 Å². The summed E-state index contributed by atoms with van der Waals surface area (Å²) in [5.41, 5.74) is 0.790. The average molecular weight is 460 g/mol. The molecule has 1 aliphatic carbocycles. The largest absolute Gasteiger partial charge is 0.467 e. The van der Waals surface area contributed by atoms with Crippen molar-refractivity contribution in [2.45, 2.75) is 64.1 Å². The molecular weight excluding hydrogens is 426 g/mol. The van der Waals surface area contributed by atoms with Crippen LogP contribution >= 0.6 is 0 Å². The van der Waals surface area contributed by atoms with Gasteiger partial charge in [0.15, 0.2) is 0 Å². The minimum absolute atomic E-state index is 0.0429. The summed E-state index contributed by atoms with van der Waals surface area (Å²) in [5, 5.41) is 8.14. The van der Waals surface area contributed by atoms with Crippen LogP contribution < -0.4 is 16.0 Å². The Balaban J connectivity index is 1.62. The molecule has 0 aromatic heterocycles. The molecule has 9 heteroatoms. The van der Waals surface area contributed by atoms with Crippen molar-refractivity contribution < 1.29 is 28.7 Å². The van der Waals surface area contributed by atoms with Gasteiger partial charge in [0.1, 0.15) is 18.7 Å². The van der Waals surface area contributed by atoms with E-state index in [1.807, 2.05) is 30.3 Å². The topological polar surface area (TPSA) is 123 Å². The van der Waals surface area contributed by atoms with E-state index in [4.69, 9.17) is 9.47 Å². The van der Waals surface area contributed by atoms with E-state index >= 15 is 0 Å². The summed E-state index contributed by atoms with van der Waals surface area (Å²) in [5.74, 6) is -1.63. The van der Waals surface area contributed by atoms with Gasteiger partial charge in [-0.3, -0.25) is 9.59 Å². The number of benzene rings is 1. The number of methoxy groups -OCH3 is 1. The predicted molar refractivity (Wildman–Crippen MR) is 120 cm³/mol. The molecule has 3 atom stereocenters. The van der Waals surface area contributed by atoms with Crippen molar-refractivity contribution in [1.29, 1.82) is 0 Å². The molecule has 1 aromatic carbocycles. The SMILES string of the molecule is COC(=O)[C@H](C[C@@H]1CCCNC1=O)NC(=O)C(CC1(C)CC1)NC(=O)OCc1ccccc1. The fourth-order valence-electron chi connectivity index (χ4n) is 4.00. The van der Waals surface area contributed by atoms with Gasteiger partial charge in [-0.15, -0.1) is 0 Å². The van der Waals surface area contributed by atoms with Gasteiger partial charge < -0.3 is 25.4 Å². The summed E-state index contributed by atoms with van der Waals surface area (Å²) in [6, 6.07) is 7.40. The summed E-state index contributed by atoms with van der Waals surface area (Å²) in [6.07, 6.45) is 3.24. The highest BCUT2D eigenvalue weighted by molar-refractivity contribution is 5.90. The molecule has 9 nitrogen and oxygen atoms in total. The molecule has 2 fully saturated rings. The highest BCUT2D eigenvalue weighted by Crippen LogP contribution is 2.48. The zero-order valence-electron chi connectivity index (χ0n) is 19.2. The number of carbonyl (C=O) groups excluding carboxylic acids is 4. The normalized spacial score (nSPS) is 20.5. The fraction of sp³-hybridized carbons (Fsp3) is 0.583. The first kappa shape index (κ1) is 24.5. The highest BCUT2D eigenvalue weighted by Gasteiger charge is 2.42. The Morgan fingerprint density at radius 1 is 1.15 bits per heavy atom. The first-order valence-corrected chi connectivity index (χ1v) is 11.4. The van der Waals surface area contributed by atoms with Crippen LogP contribution in [0.4, 0.5) is 4.79 Å². The van der Waals surface area contributed by atoms with Crippen molar-refractivity contribution in [1.82, 2.24) is 16.0 Å². The third kappa shape index (κ3) is 7.47. The van der Waals surface area contributed by atoms with Crippen molar-refractivity contribution in [3.63, 3.8) is 0 Å². The van der Waals surface area contributed by atoms with Crippen molar-refractivity contribution in [2.24, 2.45) is 11.3 Å². The van der Waals surface area contributed by atoms with Gasteiger partial charge in [-0.1, -0.05) is 37.3 Å². The van der Waals surface area contributed by atoms with Crippen LogP contribution in [-0.4, -0.2) is 49.6 Å². The van der Waals surface area contributed by atoms with E-state index in [0.29, 0.717) is 19.4 Å². The second-order valence-corrected chi connectivity index (χ2v) is 9.22. The maximum absolute atomic E-state index is 13.1. The number of rotatable bonds is 10. The smallest absolute Gasteiger partial charge is 0.408 e. The Hall–Kier alpha value is -3.10. The lowest BCUT2D eigenvalue weighted by molar-refractivity contribution is -0.146. The molecule has 1 saturated carbocycles. The number of ether oxygens (including phenoxy) is 2. The number of carbonyl (C=O) groups is 4. The van der Waals surface area contributed by atoms with Crippen LogP contribution in [0.15, 0.2) is 30.3 Å². The minimum Gasteiger partial charge on any atom is -0.467 e. The van der Waals surface area contributed by atoms with Gasteiger partial charge in [-0.2, -0.15) is 0 Å². The number of esters is 1. The molecule has 1 unspecified atom stereocenters. The number of alkyl carbamates (subject to hydrolysis) is 1. The van der Waals surface area contributed by atoms with Crippen LogP contribution in [0, 0.1) is 11.3 Å². The van der Waals surface area contributed by atoms with Crippen molar-refractivity contribution in [2.75, 3.05) is 13.7 Å². The molecule has 1 aliphatic heterocycles. The Morgan fingerprint density at radius 2 is 1.88 bits per heavy atom. The number of hydrogen-bond donors (Lipinski definition) is 3. The van der Waals surface area contributed by atoms with Gasteiger partial charge in [0.2, 0.25) is 11.8 Å². The van der Waals surface area contributed by atoms with Gasteiger partial charge in [0, 0.05) is 12.5 Å². The van der Waals surface area contributed by atoms with E-state index in [9.17, 15) is 19.2 Å². The molecule has 1 saturated heterocycles. The summed E-state index contributed by atoms with van der Waals surface area (Å²) in [6.45, 7) is 2.74. The minimum atomic E-state index is -0.979. The molecule has 1 heterocycles. The first-order valence-electron chi connectivity index (χ1n) is 11.4. The third-order valence-corrected chi connectivity index (χ3v) is 6.34. The molecule has 3 amide bonds. The maximum atomic E-state index is 13.1. The average Bonchev–Trinajstić information content (AvgIpc) is 3.54. The zero-order chi connectivity index (χ0) is 23.8. The first-order chi connectivity index (χ1) is 15.8. The van der Waals surface area contributed by atoms with Crippen LogP contribution in [0.1, 0.15) is 51.0 Å². The molecule has 180 valence electrons. The summed E-state index contributed by atoms with van der Waals surface area (Å²) in [4.78, 5) is 50.0. The van der Waals surface area contributed by atoms with Gasteiger partial charge in [-0.05, 0) is 49.5 Å². The van der Waals surface area contributed by atoms with Crippen LogP contribution in [0.5, 0.6) is 0 Å². The number of amides is 3. The molecule has 0 bridgehead atoms. The van der Waals surface area contributed by atoms with Crippen molar-refractivity contribution in [3.8, 4) is 0 Å². The van der Waals surface area contributed by atoms with Gasteiger partial charge in [0.25, 0.3) is 0 Å². The van der Waals surface area contributed by atoms with E-state index in [0.717, 1.165) is 24.8 Å². The molecule has 3 N–H and O–H groups in total. The monoisotopic (exact) mass is 459 g/mol. The quantitative estimate of drug-likeness (QED) is 0.460. The molecule has 0 radical (unpaired) electrons. The number of piperidine rings is 1. The summed E-state index contributed by atoms with van der Waals surface area (Å²) >= 11 is 0. The molecule has 33 heavy (non-hydrogen) atoms. The van der Waals surface area contributed by atoms with E-state index < -0.39 is 30.1 Å². The van der Waals surface area contributed by atoms with Gasteiger partial charge in [-0.25, -0.2) is 9.59 Å². The Labute approximate surface area is 194 Å². The Bertz CT molecular complexity index is 855. The van der Waals surface area contributed by atoms with Crippen LogP contribution in [0.3, 0.4) is 0 Å². The molecule has 0 spiro atoms. The summed E-state index contributed by atoms with van der Waals surface area (Å²) < 4.78 is 10.1. The summed E-state index contributed by atoms with van der Waals surface area (Å²) in [7, 11) is 1.24. The fourth-order valence-corrected chi connectivity index (χ4v) is 4.00. The Kier molecular flexibility index (Phi) is 8.30. The Morgan fingerprint density at radius 3 is 2.52 bits per heavy atom. The van der Waals surface area contributed by atoms with E-state index in [2.05, 4.69) is 22.9 Å². The third-order valence-electron chi connectivity index (χ3n) is 6.34. The lowest BCUT2D eigenvalue weighted by atomic mass is 9.91. The number of nitrogens with one attached hydrogen (secondary N) is 3. The van der Waals surface area contributed by atoms with E-state index in [-0.39, 0.29) is 30.3 Å². The van der Waals surface area contributed by atoms with E-state index in [1.165, 1.54) is 7.11 Å². The maximum Gasteiger partial charge on any atom is 0.408 e. The van der Waals surface area contributed by atoms with Crippen LogP contribution in [-0.2, 0) is 30.5 Å².